The fourth-order valence-corrected chi connectivity index (χ4v) is 3.86. The van der Waals surface area contributed by atoms with Gasteiger partial charge in [0.2, 0.25) is 0 Å². The highest BCUT2D eigenvalue weighted by molar-refractivity contribution is 6.30. The molecule has 3 aromatic rings. The van der Waals surface area contributed by atoms with E-state index >= 15 is 0 Å². The summed E-state index contributed by atoms with van der Waals surface area (Å²) in [6, 6.07) is 15.3. The maximum absolute atomic E-state index is 13.0. The van der Waals surface area contributed by atoms with Crippen LogP contribution >= 0.6 is 11.6 Å². The fourth-order valence-electron chi connectivity index (χ4n) is 3.73. The number of ether oxygens (including phenoxy) is 1. The number of benzene rings is 2. The molecule has 0 fully saturated rings. The molecule has 1 aromatic heterocycles. The summed E-state index contributed by atoms with van der Waals surface area (Å²) in [5.74, 6) is 1.51. The average molecular weight is 410 g/mol. The molecule has 5 nitrogen and oxygen atoms in total. The Balaban J connectivity index is 1.60. The predicted octanol–water partition coefficient (Wildman–Crippen LogP) is 4.87. The molecule has 4 rings (SSSR count). The molecule has 29 heavy (non-hydrogen) atoms. The first kappa shape index (κ1) is 19.5. The topological polar surface area (TPSA) is 56.1 Å². The number of imidazole rings is 1. The predicted molar refractivity (Wildman–Crippen MR) is 114 cm³/mol. The minimum atomic E-state index is -0.133. The van der Waals surface area contributed by atoms with Gasteiger partial charge >= 0.3 is 0 Å². The highest BCUT2D eigenvalue weighted by Gasteiger charge is 2.24. The zero-order valence-electron chi connectivity index (χ0n) is 16.5. The van der Waals surface area contributed by atoms with Crippen LogP contribution in [-0.2, 0) is 19.5 Å². The van der Waals surface area contributed by atoms with E-state index in [1.165, 1.54) is 0 Å². The summed E-state index contributed by atoms with van der Waals surface area (Å²) in [7, 11) is 1.64. The number of carbonyl (C=O) groups is 1. The second-order valence-corrected chi connectivity index (χ2v) is 7.67. The molecule has 0 unspecified atom stereocenters. The Morgan fingerprint density at radius 3 is 2.59 bits per heavy atom. The lowest BCUT2D eigenvalue weighted by molar-refractivity contribution is 0.0945. The number of carbonyl (C=O) groups excluding carboxylic acids is 1. The molecule has 1 aliphatic rings. The number of methoxy groups -OCH3 is 1. The van der Waals surface area contributed by atoms with Crippen LogP contribution in [0.15, 0.2) is 48.5 Å². The molecule has 150 valence electrons. The molecule has 1 N–H and O–H groups in total. The van der Waals surface area contributed by atoms with E-state index in [1.807, 2.05) is 48.5 Å². The van der Waals surface area contributed by atoms with Crippen molar-refractivity contribution in [2.45, 2.75) is 38.8 Å². The van der Waals surface area contributed by atoms with E-state index in [0.29, 0.717) is 17.3 Å². The first-order valence-corrected chi connectivity index (χ1v) is 10.3. The zero-order valence-corrected chi connectivity index (χ0v) is 17.2. The molecule has 2 heterocycles. The van der Waals surface area contributed by atoms with Gasteiger partial charge in [-0.1, -0.05) is 30.2 Å². The summed E-state index contributed by atoms with van der Waals surface area (Å²) < 4.78 is 7.39. The SMILES string of the molecule is COc1ccc(CNC(=O)c2nc(-c3ccc(Cl)cc3)n3c2CCCCC3)cc1. The zero-order chi connectivity index (χ0) is 20.2. The van der Waals surface area contributed by atoms with Gasteiger partial charge in [0.05, 0.1) is 12.8 Å². The van der Waals surface area contributed by atoms with Gasteiger partial charge in [0.25, 0.3) is 5.91 Å². The van der Waals surface area contributed by atoms with E-state index in [9.17, 15) is 4.79 Å². The maximum atomic E-state index is 13.0. The summed E-state index contributed by atoms with van der Waals surface area (Å²) in [5, 5.41) is 3.71. The van der Waals surface area contributed by atoms with Crippen LogP contribution in [0.1, 0.15) is 41.0 Å². The van der Waals surface area contributed by atoms with E-state index in [-0.39, 0.29) is 5.91 Å². The molecular weight excluding hydrogens is 386 g/mol. The lowest BCUT2D eigenvalue weighted by Gasteiger charge is -2.09. The van der Waals surface area contributed by atoms with Crippen LogP contribution in [0.25, 0.3) is 11.4 Å². The lowest BCUT2D eigenvalue weighted by atomic mass is 10.1. The molecule has 0 saturated carbocycles. The second kappa shape index (κ2) is 8.70. The van der Waals surface area contributed by atoms with Gasteiger partial charge in [-0.25, -0.2) is 4.98 Å². The van der Waals surface area contributed by atoms with Crippen LogP contribution in [0.2, 0.25) is 5.02 Å². The number of aromatic nitrogens is 2. The summed E-state index contributed by atoms with van der Waals surface area (Å²) in [5.41, 5.74) is 3.55. The van der Waals surface area contributed by atoms with Crippen LogP contribution in [-0.4, -0.2) is 22.6 Å². The number of hydrogen-bond acceptors (Lipinski definition) is 3. The quantitative estimate of drug-likeness (QED) is 0.654. The molecule has 2 aromatic carbocycles. The lowest BCUT2D eigenvalue weighted by Crippen LogP contribution is -2.24. The summed E-state index contributed by atoms with van der Waals surface area (Å²) >= 11 is 6.04. The highest BCUT2D eigenvalue weighted by atomic mass is 35.5. The van der Waals surface area contributed by atoms with E-state index < -0.39 is 0 Å². The minimum absolute atomic E-state index is 0.133. The minimum Gasteiger partial charge on any atom is -0.497 e. The number of nitrogens with one attached hydrogen (secondary N) is 1. The Morgan fingerprint density at radius 2 is 1.86 bits per heavy atom. The Hall–Kier alpha value is -2.79. The van der Waals surface area contributed by atoms with Crippen molar-refractivity contribution in [2.24, 2.45) is 0 Å². The largest absolute Gasteiger partial charge is 0.497 e. The van der Waals surface area contributed by atoms with Gasteiger partial charge in [-0.2, -0.15) is 0 Å². The van der Waals surface area contributed by atoms with Crippen molar-refractivity contribution < 1.29 is 9.53 Å². The van der Waals surface area contributed by atoms with Crippen molar-refractivity contribution >= 4 is 17.5 Å². The molecule has 0 spiro atoms. The van der Waals surface area contributed by atoms with E-state index in [4.69, 9.17) is 21.3 Å². The van der Waals surface area contributed by atoms with Crippen molar-refractivity contribution in [3.8, 4) is 17.1 Å². The van der Waals surface area contributed by atoms with Gasteiger partial charge in [-0.05, 0) is 61.2 Å². The highest BCUT2D eigenvalue weighted by Crippen LogP contribution is 2.28. The number of rotatable bonds is 5. The normalized spacial score (nSPS) is 13.4. The number of nitrogens with zero attached hydrogens (tertiary/aromatic N) is 2. The molecule has 1 amide bonds. The van der Waals surface area contributed by atoms with Crippen LogP contribution in [0.4, 0.5) is 0 Å². The van der Waals surface area contributed by atoms with E-state index in [0.717, 1.165) is 60.6 Å². The van der Waals surface area contributed by atoms with Crippen molar-refractivity contribution in [1.82, 2.24) is 14.9 Å². The molecule has 0 bridgehead atoms. The Kier molecular flexibility index (Phi) is 5.86. The molecule has 0 radical (unpaired) electrons. The van der Waals surface area contributed by atoms with Crippen LogP contribution in [0.5, 0.6) is 5.75 Å². The number of amides is 1. The van der Waals surface area contributed by atoms with Gasteiger partial charge in [-0.15, -0.1) is 0 Å². The standard InChI is InChI=1S/C23H24ClN3O2/c1-29-19-12-6-16(7-13-19)15-25-23(28)21-20-5-3-2-4-14-27(20)22(26-21)17-8-10-18(24)11-9-17/h6-13H,2-5,14-15H2,1H3,(H,25,28). The number of hydrogen-bond donors (Lipinski definition) is 1. The molecular formula is C23H24ClN3O2. The van der Waals surface area contributed by atoms with Gasteiger partial charge in [0.1, 0.15) is 17.3 Å². The summed E-state index contributed by atoms with van der Waals surface area (Å²) in [6.07, 6.45) is 4.20. The molecule has 1 aliphatic heterocycles. The summed E-state index contributed by atoms with van der Waals surface area (Å²) in [4.78, 5) is 17.8. The van der Waals surface area contributed by atoms with E-state index in [1.54, 1.807) is 7.11 Å². The third kappa shape index (κ3) is 4.30. The van der Waals surface area contributed by atoms with Crippen molar-refractivity contribution in [1.29, 1.82) is 0 Å². The molecule has 6 heteroatoms. The fraction of sp³-hybridized carbons (Fsp3) is 0.304. The van der Waals surface area contributed by atoms with Gasteiger partial charge < -0.3 is 14.6 Å². The average Bonchev–Trinajstić information content (AvgIpc) is 2.94. The monoisotopic (exact) mass is 409 g/mol. The van der Waals surface area contributed by atoms with Gasteiger partial charge in [0.15, 0.2) is 0 Å². The molecule has 0 saturated heterocycles. The smallest absolute Gasteiger partial charge is 0.272 e. The first-order valence-electron chi connectivity index (χ1n) is 9.92. The number of fused-ring (bicyclic) bond motifs is 1. The third-order valence-corrected chi connectivity index (χ3v) is 5.55. The Labute approximate surface area is 175 Å². The van der Waals surface area contributed by atoms with Crippen LogP contribution in [0, 0.1) is 0 Å². The Morgan fingerprint density at radius 1 is 1.10 bits per heavy atom. The second-order valence-electron chi connectivity index (χ2n) is 7.23. The van der Waals surface area contributed by atoms with Crippen molar-refractivity contribution in [2.75, 3.05) is 7.11 Å². The first-order chi connectivity index (χ1) is 14.2. The third-order valence-electron chi connectivity index (χ3n) is 5.30. The Bertz CT molecular complexity index is 994. The van der Waals surface area contributed by atoms with Crippen LogP contribution < -0.4 is 10.1 Å². The van der Waals surface area contributed by atoms with Crippen LogP contribution in [0.3, 0.4) is 0 Å². The summed E-state index contributed by atoms with van der Waals surface area (Å²) in [6.45, 7) is 1.33. The van der Waals surface area contributed by atoms with Crippen molar-refractivity contribution in [3.63, 3.8) is 0 Å². The van der Waals surface area contributed by atoms with Gasteiger partial charge in [-0.3, -0.25) is 4.79 Å². The van der Waals surface area contributed by atoms with E-state index in [2.05, 4.69) is 9.88 Å². The molecule has 0 aliphatic carbocycles. The molecule has 0 atom stereocenters. The van der Waals surface area contributed by atoms with Crippen molar-refractivity contribution in [3.05, 3.63) is 70.5 Å². The number of halogens is 1. The maximum Gasteiger partial charge on any atom is 0.272 e. The van der Waals surface area contributed by atoms with Gasteiger partial charge in [0, 0.05) is 23.7 Å².